The summed E-state index contributed by atoms with van der Waals surface area (Å²) in [6, 6.07) is 15.2. The van der Waals surface area contributed by atoms with Crippen molar-refractivity contribution in [3.05, 3.63) is 72.2 Å². The van der Waals surface area contributed by atoms with Crippen LogP contribution in [0.3, 0.4) is 0 Å². The number of hydrogen-bond donors (Lipinski definition) is 0. The van der Waals surface area contributed by atoms with E-state index < -0.39 is 0 Å². The minimum atomic E-state index is 0.0299. The summed E-state index contributed by atoms with van der Waals surface area (Å²) in [5.41, 5.74) is 2.54. The first-order valence-corrected chi connectivity index (χ1v) is 11.7. The number of aromatic nitrogens is 4. The van der Waals surface area contributed by atoms with Gasteiger partial charge in [0.25, 0.3) is 5.91 Å². The van der Waals surface area contributed by atoms with Gasteiger partial charge in [0.15, 0.2) is 5.65 Å². The second-order valence-electron chi connectivity index (χ2n) is 8.32. The Morgan fingerprint density at radius 1 is 1.00 bits per heavy atom. The quantitative estimate of drug-likeness (QED) is 0.408. The van der Waals surface area contributed by atoms with Crippen LogP contribution < -0.4 is 14.4 Å². The molecule has 180 valence electrons. The van der Waals surface area contributed by atoms with Crippen molar-refractivity contribution in [3.63, 3.8) is 0 Å². The third-order valence-electron chi connectivity index (χ3n) is 6.16. The van der Waals surface area contributed by atoms with Crippen molar-refractivity contribution in [2.24, 2.45) is 0 Å². The molecule has 1 amide bonds. The van der Waals surface area contributed by atoms with Crippen LogP contribution in [-0.4, -0.2) is 70.5 Å². The lowest BCUT2D eigenvalue weighted by Crippen LogP contribution is -2.49. The van der Waals surface area contributed by atoms with E-state index in [2.05, 4.69) is 26.0 Å². The standard InChI is InChI=1S/C26H28N6O3/c1-3-35-22-6-4-5-19(15-22)17-32-25-23(16-29-32)24(27-18-28-25)30-11-13-31(14-12-30)26(33)20-7-9-21(34-2)10-8-20/h4-10,15-16,18H,3,11-14,17H2,1-2H3. The fourth-order valence-corrected chi connectivity index (χ4v) is 4.36. The summed E-state index contributed by atoms with van der Waals surface area (Å²) >= 11 is 0. The summed E-state index contributed by atoms with van der Waals surface area (Å²) in [7, 11) is 1.61. The normalized spacial score (nSPS) is 13.8. The van der Waals surface area contributed by atoms with E-state index in [9.17, 15) is 4.79 Å². The second kappa shape index (κ2) is 10.0. The van der Waals surface area contributed by atoms with Gasteiger partial charge in [-0.15, -0.1) is 0 Å². The van der Waals surface area contributed by atoms with Crippen LogP contribution in [0, 0.1) is 0 Å². The van der Waals surface area contributed by atoms with Crippen molar-refractivity contribution in [1.82, 2.24) is 24.6 Å². The van der Waals surface area contributed by atoms with Crippen LogP contribution in [0.4, 0.5) is 5.82 Å². The summed E-state index contributed by atoms with van der Waals surface area (Å²) in [6.07, 6.45) is 3.41. The number of fused-ring (bicyclic) bond motifs is 1. The molecule has 4 aromatic rings. The Kier molecular flexibility index (Phi) is 6.47. The lowest BCUT2D eigenvalue weighted by atomic mass is 10.1. The zero-order chi connectivity index (χ0) is 24.2. The highest BCUT2D eigenvalue weighted by molar-refractivity contribution is 5.94. The lowest BCUT2D eigenvalue weighted by Gasteiger charge is -2.35. The van der Waals surface area contributed by atoms with Gasteiger partial charge in [0.1, 0.15) is 23.6 Å². The number of amides is 1. The van der Waals surface area contributed by atoms with Crippen LogP contribution in [-0.2, 0) is 6.54 Å². The fourth-order valence-electron chi connectivity index (χ4n) is 4.36. The molecule has 9 nitrogen and oxygen atoms in total. The Bertz CT molecular complexity index is 1310. The molecule has 0 aliphatic carbocycles. The van der Waals surface area contributed by atoms with E-state index in [0.717, 1.165) is 33.9 Å². The van der Waals surface area contributed by atoms with Crippen molar-refractivity contribution in [1.29, 1.82) is 0 Å². The number of rotatable bonds is 7. The molecular formula is C26H28N6O3. The summed E-state index contributed by atoms with van der Waals surface area (Å²) < 4.78 is 12.7. The van der Waals surface area contributed by atoms with Crippen LogP contribution in [0.25, 0.3) is 11.0 Å². The molecule has 9 heteroatoms. The molecule has 0 spiro atoms. The monoisotopic (exact) mass is 472 g/mol. The van der Waals surface area contributed by atoms with E-state index >= 15 is 0 Å². The summed E-state index contributed by atoms with van der Waals surface area (Å²) in [5, 5.41) is 5.50. The summed E-state index contributed by atoms with van der Waals surface area (Å²) in [4.78, 5) is 26.1. The molecule has 35 heavy (non-hydrogen) atoms. The minimum Gasteiger partial charge on any atom is -0.497 e. The number of nitrogens with zero attached hydrogens (tertiary/aromatic N) is 6. The van der Waals surface area contributed by atoms with Gasteiger partial charge in [-0.25, -0.2) is 14.6 Å². The molecule has 2 aromatic carbocycles. The van der Waals surface area contributed by atoms with Crippen LogP contribution >= 0.6 is 0 Å². The topological polar surface area (TPSA) is 85.6 Å². The third kappa shape index (κ3) is 4.75. The summed E-state index contributed by atoms with van der Waals surface area (Å²) in [5.74, 6) is 2.46. The number of carbonyl (C=O) groups excluding carboxylic acids is 1. The molecular weight excluding hydrogens is 444 g/mol. The smallest absolute Gasteiger partial charge is 0.253 e. The fraction of sp³-hybridized carbons (Fsp3) is 0.308. The molecule has 0 bridgehead atoms. The third-order valence-corrected chi connectivity index (χ3v) is 6.16. The van der Waals surface area contributed by atoms with E-state index in [1.165, 1.54) is 0 Å². The predicted octanol–water partition coefficient (Wildman–Crippen LogP) is 3.24. The molecule has 1 fully saturated rings. The van der Waals surface area contributed by atoms with E-state index in [4.69, 9.17) is 9.47 Å². The van der Waals surface area contributed by atoms with Gasteiger partial charge in [-0.2, -0.15) is 5.10 Å². The number of piperazine rings is 1. The number of benzene rings is 2. The maximum absolute atomic E-state index is 12.9. The largest absolute Gasteiger partial charge is 0.497 e. The van der Waals surface area contributed by atoms with Crippen LogP contribution in [0.15, 0.2) is 61.1 Å². The van der Waals surface area contributed by atoms with Gasteiger partial charge in [-0.05, 0) is 48.9 Å². The highest BCUT2D eigenvalue weighted by atomic mass is 16.5. The molecule has 1 aliphatic rings. The van der Waals surface area contributed by atoms with E-state index in [1.807, 2.05) is 53.0 Å². The highest BCUT2D eigenvalue weighted by Gasteiger charge is 2.25. The van der Waals surface area contributed by atoms with Gasteiger partial charge in [0.05, 0.1) is 31.8 Å². The van der Waals surface area contributed by atoms with Crippen molar-refractivity contribution >= 4 is 22.8 Å². The Balaban J connectivity index is 1.29. The highest BCUT2D eigenvalue weighted by Crippen LogP contribution is 2.25. The maximum Gasteiger partial charge on any atom is 0.253 e. The molecule has 0 saturated carbocycles. The number of hydrogen-bond acceptors (Lipinski definition) is 7. The van der Waals surface area contributed by atoms with Gasteiger partial charge in [-0.1, -0.05) is 12.1 Å². The van der Waals surface area contributed by atoms with Crippen molar-refractivity contribution in [2.45, 2.75) is 13.5 Å². The van der Waals surface area contributed by atoms with Gasteiger partial charge in [0, 0.05) is 31.7 Å². The van der Waals surface area contributed by atoms with Gasteiger partial charge in [-0.3, -0.25) is 4.79 Å². The minimum absolute atomic E-state index is 0.0299. The number of carbonyl (C=O) groups is 1. The zero-order valence-electron chi connectivity index (χ0n) is 19.9. The molecule has 1 aliphatic heterocycles. The van der Waals surface area contributed by atoms with Crippen LogP contribution in [0.2, 0.25) is 0 Å². The first-order valence-electron chi connectivity index (χ1n) is 11.7. The van der Waals surface area contributed by atoms with Crippen molar-refractivity contribution in [3.8, 4) is 11.5 Å². The molecule has 0 unspecified atom stereocenters. The van der Waals surface area contributed by atoms with Crippen molar-refractivity contribution < 1.29 is 14.3 Å². The van der Waals surface area contributed by atoms with E-state index in [-0.39, 0.29) is 5.91 Å². The van der Waals surface area contributed by atoms with Crippen LogP contribution in [0.5, 0.6) is 11.5 Å². The molecule has 1 saturated heterocycles. The average Bonchev–Trinajstić information content (AvgIpc) is 3.32. The first-order chi connectivity index (χ1) is 17.2. The molecule has 3 heterocycles. The molecule has 0 N–H and O–H groups in total. The maximum atomic E-state index is 12.9. The van der Waals surface area contributed by atoms with E-state index in [1.54, 1.807) is 25.6 Å². The lowest BCUT2D eigenvalue weighted by molar-refractivity contribution is 0.0746. The predicted molar refractivity (Wildman–Crippen MR) is 133 cm³/mol. The first kappa shape index (κ1) is 22.6. The van der Waals surface area contributed by atoms with Gasteiger partial charge in [0.2, 0.25) is 0 Å². The van der Waals surface area contributed by atoms with Gasteiger partial charge < -0.3 is 19.3 Å². The average molecular weight is 473 g/mol. The number of anilines is 1. The molecule has 2 aromatic heterocycles. The van der Waals surface area contributed by atoms with Gasteiger partial charge >= 0.3 is 0 Å². The van der Waals surface area contributed by atoms with E-state index in [0.29, 0.717) is 44.9 Å². The summed E-state index contributed by atoms with van der Waals surface area (Å²) in [6.45, 7) is 5.81. The SMILES string of the molecule is CCOc1cccc(Cn2ncc3c(N4CCN(C(=O)c5ccc(OC)cc5)CC4)ncnc32)c1. The number of ether oxygens (including phenoxy) is 2. The molecule has 5 rings (SSSR count). The van der Waals surface area contributed by atoms with Crippen molar-refractivity contribution in [2.75, 3.05) is 44.8 Å². The Morgan fingerprint density at radius 3 is 2.54 bits per heavy atom. The number of methoxy groups -OCH3 is 1. The molecule has 0 radical (unpaired) electrons. The van der Waals surface area contributed by atoms with Crippen LogP contribution in [0.1, 0.15) is 22.8 Å². The Labute approximate surface area is 203 Å². The Morgan fingerprint density at radius 2 is 1.80 bits per heavy atom. The Hall–Kier alpha value is -4.14. The molecule has 0 atom stereocenters. The zero-order valence-corrected chi connectivity index (χ0v) is 19.9. The second-order valence-corrected chi connectivity index (χ2v) is 8.32.